The molecule has 0 radical (unpaired) electrons. The number of methoxy groups -OCH3 is 1. The van der Waals surface area contributed by atoms with Gasteiger partial charge in [-0.25, -0.2) is 0 Å². The lowest BCUT2D eigenvalue weighted by atomic mass is 9.90. The van der Waals surface area contributed by atoms with E-state index in [-0.39, 0.29) is 18.2 Å². The first-order valence-corrected chi connectivity index (χ1v) is 8.10. The summed E-state index contributed by atoms with van der Waals surface area (Å²) in [5.41, 5.74) is 1.54. The SMILES string of the molecule is COc1cccc(OCCNC(=O)C2CC(=O)Nc3ccccc32)c1. The minimum Gasteiger partial charge on any atom is -0.497 e. The van der Waals surface area contributed by atoms with Crippen LogP contribution >= 0.6 is 0 Å². The van der Waals surface area contributed by atoms with Crippen LogP contribution < -0.4 is 20.1 Å². The van der Waals surface area contributed by atoms with Gasteiger partial charge in [0.25, 0.3) is 0 Å². The van der Waals surface area contributed by atoms with Gasteiger partial charge in [0.05, 0.1) is 19.6 Å². The number of amides is 2. The Morgan fingerprint density at radius 1 is 1.20 bits per heavy atom. The predicted molar refractivity (Wildman–Crippen MR) is 93.9 cm³/mol. The molecular weight excluding hydrogens is 320 g/mol. The molecule has 1 unspecified atom stereocenters. The largest absolute Gasteiger partial charge is 0.497 e. The third-order valence-corrected chi connectivity index (χ3v) is 4.03. The van der Waals surface area contributed by atoms with E-state index in [1.54, 1.807) is 19.2 Å². The minimum atomic E-state index is -0.471. The fraction of sp³-hybridized carbons (Fsp3) is 0.263. The number of fused-ring (bicyclic) bond motifs is 1. The summed E-state index contributed by atoms with van der Waals surface area (Å²) < 4.78 is 10.7. The summed E-state index contributed by atoms with van der Waals surface area (Å²) in [6.07, 6.45) is 0.152. The van der Waals surface area contributed by atoms with Crippen LogP contribution in [0.15, 0.2) is 48.5 Å². The Morgan fingerprint density at radius 2 is 2.00 bits per heavy atom. The van der Waals surface area contributed by atoms with E-state index < -0.39 is 5.92 Å². The van der Waals surface area contributed by atoms with Crippen molar-refractivity contribution < 1.29 is 19.1 Å². The maximum Gasteiger partial charge on any atom is 0.228 e. The minimum absolute atomic E-state index is 0.147. The molecule has 6 heteroatoms. The van der Waals surface area contributed by atoms with Crippen molar-refractivity contribution in [3.8, 4) is 11.5 Å². The lowest BCUT2D eigenvalue weighted by molar-refractivity contribution is -0.126. The van der Waals surface area contributed by atoms with E-state index in [0.717, 1.165) is 5.56 Å². The first-order chi connectivity index (χ1) is 12.2. The number of anilines is 1. The summed E-state index contributed by atoms with van der Waals surface area (Å²) in [5.74, 6) is 0.604. The van der Waals surface area contributed by atoms with Crippen molar-refractivity contribution in [1.82, 2.24) is 5.32 Å². The van der Waals surface area contributed by atoms with Crippen molar-refractivity contribution in [2.24, 2.45) is 0 Å². The molecular formula is C19H20N2O4. The Balaban J connectivity index is 1.53. The highest BCUT2D eigenvalue weighted by Crippen LogP contribution is 2.31. The second kappa shape index (κ2) is 7.70. The van der Waals surface area contributed by atoms with Gasteiger partial charge < -0.3 is 20.1 Å². The van der Waals surface area contributed by atoms with Crippen LogP contribution in [-0.2, 0) is 9.59 Å². The van der Waals surface area contributed by atoms with Crippen LogP contribution in [-0.4, -0.2) is 32.1 Å². The molecule has 0 spiro atoms. The number of benzene rings is 2. The Morgan fingerprint density at radius 3 is 2.84 bits per heavy atom. The Labute approximate surface area is 146 Å². The molecule has 1 heterocycles. The summed E-state index contributed by atoms with van der Waals surface area (Å²) >= 11 is 0. The summed E-state index contributed by atoms with van der Waals surface area (Å²) in [7, 11) is 1.59. The lowest BCUT2D eigenvalue weighted by Crippen LogP contribution is -2.36. The average molecular weight is 340 g/mol. The van der Waals surface area contributed by atoms with Gasteiger partial charge in [0, 0.05) is 18.2 Å². The number of nitrogens with one attached hydrogen (secondary N) is 2. The first-order valence-electron chi connectivity index (χ1n) is 8.10. The van der Waals surface area contributed by atoms with Gasteiger partial charge in [-0.1, -0.05) is 24.3 Å². The summed E-state index contributed by atoms with van der Waals surface area (Å²) in [5, 5.41) is 5.63. The fourth-order valence-electron chi connectivity index (χ4n) is 2.80. The predicted octanol–water partition coefficient (Wildman–Crippen LogP) is 2.32. The van der Waals surface area contributed by atoms with Crippen LogP contribution in [0, 0.1) is 0 Å². The lowest BCUT2D eigenvalue weighted by Gasteiger charge is -2.24. The molecule has 6 nitrogen and oxygen atoms in total. The van der Waals surface area contributed by atoms with Gasteiger partial charge in [-0.3, -0.25) is 9.59 Å². The number of para-hydroxylation sites is 1. The van der Waals surface area contributed by atoms with Crippen molar-refractivity contribution >= 4 is 17.5 Å². The van der Waals surface area contributed by atoms with E-state index >= 15 is 0 Å². The third kappa shape index (κ3) is 4.09. The number of ether oxygens (including phenoxy) is 2. The molecule has 25 heavy (non-hydrogen) atoms. The van der Waals surface area contributed by atoms with Crippen molar-refractivity contribution in [2.75, 3.05) is 25.6 Å². The molecule has 3 rings (SSSR count). The van der Waals surface area contributed by atoms with E-state index in [1.807, 2.05) is 36.4 Å². The summed E-state index contributed by atoms with van der Waals surface area (Å²) in [4.78, 5) is 24.2. The zero-order chi connectivity index (χ0) is 17.6. The van der Waals surface area contributed by atoms with Gasteiger partial charge in [0.2, 0.25) is 11.8 Å². The van der Waals surface area contributed by atoms with Gasteiger partial charge in [-0.05, 0) is 23.8 Å². The molecule has 1 aliphatic rings. The first kappa shape index (κ1) is 16.8. The molecule has 2 N–H and O–H groups in total. The summed E-state index contributed by atoms with van der Waals surface area (Å²) in [6.45, 7) is 0.690. The van der Waals surface area contributed by atoms with Crippen LogP contribution in [0.1, 0.15) is 17.9 Å². The van der Waals surface area contributed by atoms with Crippen LogP contribution in [0.4, 0.5) is 5.69 Å². The molecule has 0 aromatic heterocycles. The summed E-state index contributed by atoms with van der Waals surface area (Å²) in [6, 6.07) is 14.6. The van der Waals surface area contributed by atoms with Gasteiger partial charge in [0.1, 0.15) is 18.1 Å². The van der Waals surface area contributed by atoms with E-state index in [1.165, 1.54) is 0 Å². The third-order valence-electron chi connectivity index (χ3n) is 4.03. The molecule has 0 fully saturated rings. The number of rotatable bonds is 6. The van der Waals surface area contributed by atoms with E-state index in [0.29, 0.717) is 30.3 Å². The number of hydrogen-bond acceptors (Lipinski definition) is 4. The maximum atomic E-state index is 12.5. The van der Waals surface area contributed by atoms with Crippen molar-refractivity contribution in [2.45, 2.75) is 12.3 Å². The molecule has 1 atom stereocenters. The molecule has 0 bridgehead atoms. The standard InChI is InChI=1S/C19H20N2O4/c1-24-13-5-4-6-14(11-13)25-10-9-20-19(23)16-12-18(22)21-17-8-3-2-7-15(16)17/h2-8,11,16H,9-10,12H2,1H3,(H,20,23)(H,21,22). The topological polar surface area (TPSA) is 76.7 Å². The molecule has 2 amide bonds. The Bertz CT molecular complexity index is 776. The zero-order valence-electron chi connectivity index (χ0n) is 14.0. The molecule has 2 aromatic rings. The highest BCUT2D eigenvalue weighted by Gasteiger charge is 2.30. The van der Waals surface area contributed by atoms with Crippen molar-refractivity contribution in [1.29, 1.82) is 0 Å². The van der Waals surface area contributed by atoms with Gasteiger partial charge in [-0.2, -0.15) is 0 Å². The number of carbonyl (C=O) groups excluding carboxylic acids is 2. The molecule has 0 saturated heterocycles. The zero-order valence-corrected chi connectivity index (χ0v) is 14.0. The molecule has 2 aromatic carbocycles. The van der Waals surface area contributed by atoms with Crippen LogP contribution in [0.3, 0.4) is 0 Å². The van der Waals surface area contributed by atoms with E-state index in [2.05, 4.69) is 10.6 Å². The normalized spacial score (nSPS) is 15.7. The maximum absolute atomic E-state index is 12.5. The van der Waals surface area contributed by atoms with E-state index in [4.69, 9.17) is 9.47 Å². The van der Waals surface area contributed by atoms with Crippen LogP contribution in [0.25, 0.3) is 0 Å². The number of carbonyl (C=O) groups is 2. The van der Waals surface area contributed by atoms with Crippen molar-refractivity contribution in [3.63, 3.8) is 0 Å². The quantitative estimate of drug-likeness (QED) is 0.791. The molecule has 1 aliphatic heterocycles. The fourth-order valence-corrected chi connectivity index (χ4v) is 2.80. The Kier molecular flexibility index (Phi) is 5.18. The molecule has 0 saturated carbocycles. The smallest absolute Gasteiger partial charge is 0.228 e. The average Bonchev–Trinajstić information content (AvgIpc) is 2.64. The highest BCUT2D eigenvalue weighted by molar-refractivity contribution is 6.01. The van der Waals surface area contributed by atoms with Crippen LogP contribution in [0.2, 0.25) is 0 Å². The Hall–Kier alpha value is -3.02. The molecule has 130 valence electrons. The van der Waals surface area contributed by atoms with Gasteiger partial charge in [0.15, 0.2) is 0 Å². The van der Waals surface area contributed by atoms with Crippen LogP contribution in [0.5, 0.6) is 11.5 Å². The van der Waals surface area contributed by atoms with Gasteiger partial charge in [-0.15, -0.1) is 0 Å². The second-order valence-corrected chi connectivity index (χ2v) is 5.71. The van der Waals surface area contributed by atoms with Crippen molar-refractivity contribution in [3.05, 3.63) is 54.1 Å². The number of hydrogen-bond donors (Lipinski definition) is 2. The second-order valence-electron chi connectivity index (χ2n) is 5.71. The van der Waals surface area contributed by atoms with E-state index in [9.17, 15) is 9.59 Å². The monoisotopic (exact) mass is 340 g/mol. The molecule has 0 aliphatic carbocycles. The highest BCUT2D eigenvalue weighted by atomic mass is 16.5. The van der Waals surface area contributed by atoms with Gasteiger partial charge >= 0.3 is 0 Å².